The lowest BCUT2D eigenvalue weighted by molar-refractivity contribution is -0.128. The minimum Gasteiger partial charge on any atom is -0.508 e. The average Bonchev–Trinajstić information content (AvgIpc) is 2.44. The maximum Gasteiger partial charge on any atom is 0.233 e. The van der Waals surface area contributed by atoms with Crippen molar-refractivity contribution >= 4 is 11.6 Å². The molecule has 1 saturated heterocycles. The van der Waals surface area contributed by atoms with Gasteiger partial charge in [-0.3, -0.25) is 4.79 Å². The van der Waals surface area contributed by atoms with Crippen LogP contribution in [0.3, 0.4) is 0 Å². The average molecular weight is 276 g/mol. The maximum absolute atomic E-state index is 12.9. The number of nitrogens with one attached hydrogen (secondary N) is 1. The van der Waals surface area contributed by atoms with E-state index < -0.39 is 0 Å². The monoisotopic (exact) mass is 276 g/mol. The van der Waals surface area contributed by atoms with Gasteiger partial charge in [0.15, 0.2) is 0 Å². The minimum absolute atomic E-state index is 0.162. The topological polar surface area (TPSA) is 52.6 Å². The largest absolute Gasteiger partial charge is 0.508 e. The van der Waals surface area contributed by atoms with Crippen molar-refractivity contribution in [2.45, 2.75) is 33.6 Å². The smallest absolute Gasteiger partial charge is 0.233 e. The molecule has 20 heavy (non-hydrogen) atoms. The lowest BCUT2D eigenvalue weighted by Gasteiger charge is -2.37. The first-order valence-corrected chi connectivity index (χ1v) is 7.30. The number of nitrogens with zero attached hydrogens (tertiary/aromatic N) is 1. The Kier molecular flexibility index (Phi) is 4.33. The molecule has 1 amide bonds. The van der Waals surface area contributed by atoms with E-state index >= 15 is 0 Å². The first kappa shape index (κ1) is 14.9. The molecule has 0 unspecified atom stereocenters. The van der Waals surface area contributed by atoms with E-state index in [4.69, 9.17) is 0 Å². The maximum atomic E-state index is 12.9. The molecular formula is C16H24N2O2. The number of phenols is 1. The van der Waals surface area contributed by atoms with Gasteiger partial charge in [0.05, 0.1) is 5.69 Å². The number of amides is 1. The van der Waals surface area contributed by atoms with E-state index in [9.17, 15) is 9.90 Å². The number of hydrogen-bond donors (Lipinski definition) is 2. The van der Waals surface area contributed by atoms with Crippen LogP contribution in [0.1, 0.15) is 32.3 Å². The van der Waals surface area contributed by atoms with Gasteiger partial charge in [0, 0.05) is 18.0 Å². The molecule has 1 heterocycles. The Hall–Kier alpha value is -1.55. The Morgan fingerprint density at radius 1 is 1.40 bits per heavy atom. The Balaban J connectivity index is 2.31. The standard InChI is InChI=1S/C16H24N2O2/c1-4-18(14-11-13(19)6-5-12(14)2)15(20)16(3)7-9-17-10-8-16/h5-6,11,17,19H,4,7-10H2,1-3H3. The summed E-state index contributed by atoms with van der Waals surface area (Å²) in [6.45, 7) is 8.39. The molecule has 2 rings (SSSR count). The zero-order valence-electron chi connectivity index (χ0n) is 12.6. The van der Waals surface area contributed by atoms with Crippen LogP contribution in [0.4, 0.5) is 5.69 Å². The van der Waals surface area contributed by atoms with Crippen molar-refractivity contribution in [3.8, 4) is 5.75 Å². The van der Waals surface area contributed by atoms with Crippen LogP contribution in [-0.4, -0.2) is 30.6 Å². The molecule has 0 saturated carbocycles. The van der Waals surface area contributed by atoms with Crippen molar-refractivity contribution < 1.29 is 9.90 Å². The number of rotatable bonds is 3. The van der Waals surface area contributed by atoms with E-state index in [1.165, 1.54) is 0 Å². The highest BCUT2D eigenvalue weighted by Gasteiger charge is 2.38. The molecule has 1 aliphatic heterocycles. The number of phenolic OH excluding ortho intramolecular Hbond substituents is 1. The van der Waals surface area contributed by atoms with Crippen molar-refractivity contribution in [1.82, 2.24) is 5.32 Å². The van der Waals surface area contributed by atoms with Gasteiger partial charge in [0.2, 0.25) is 5.91 Å². The number of carbonyl (C=O) groups is 1. The number of piperidine rings is 1. The Bertz CT molecular complexity index is 493. The summed E-state index contributed by atoms with van der Waals surface area (Å²) >= 11 is 0. The van der Waals surface area contributed by atoms with E-state index in [1.807, 2.05) is 19.9 Å². The quantitative estimate of drug-likeness (QED) is 0.891. The molecule has 0 aromatic heterocycles. The Labute approximate surface area is 120 Å². The first-order chi connectivity index (χ1) is 9.48. The molecule has 2 N–H and O–H groups in total. The Morgan fingerprint density at radius 2 is 2.05 bits per heavy atom. The summed E-state index contributed by atoms with van der Waals surface area (Å²) in [4.78, 5) is 14.7. The summed E-state index contributed by atoms with van der Waals surface area (Å²) < 4.78 is 0. The van der Waals surface area contributed by atoms with Gasteiger partial charge in [0.1, 0.15) is 5.75 Å². The van der Waals surface area contributed by atoms with Gasteiger partial charge in [-0.1, -0.05) is 13.0 Å². The van der Waals surface area contributed by atoms with E-state index in [0.29, 0.717) is 6.54 Å². The minimum atomic E-state index is -0.306. The molecule has 1 aliphatic rings. The number of anilines is 1. The van der Waals surface area contributed by atoms with Crippen molar-refractivity contribution in [1.29, 1.82) is 0 Å². The van der Waals surface area contributed by atoms with Crippen LogP contribution in [0, 0.1) is 12.3 Å². The SMILES string of the molecule is CCN(C(=O)C1(C)CCNCC1)c1cc(O)ccc1C. The van der Waals surface area contributed by atoms with Crippen LogP contribution in [0.5, 0.6) is 5.75 Å². The predicted octanol–water partition coefficient (Wildman–Crippen LogP) is 2.44. The lowest BCUT2D eigenvalue weighted by atomic mass is 9.79. The van der Waals surface area contributed by atoms with Gasteiger partial charge < -0.3 is 15.3 Å². The second kappa shape index (κ2) is 5.83. The molecule has 1 aromatic rings. The molecule has 110 valence electrons. The van der Waals surface area contributed by atoms with Crippen LogP contribution in [0.2, 0.25) is 0 Å². The molecule has 0 atom stereocenters. The number of hydrogen-bond acceptors (Lipinski definition) is 3. The summed E-state index contributed by atoms with van der Waals surface area (Å²) in [7, 11) is 0. The van der Waals surface area contributed by atoms with Crippen LogP contribution >= 0.6 is 0 Å². The van der Waals surface area contributed by atoms with Gasteiger partial charge >= 0.3 is 0 Å². The molecule has 0 radical (unpaired) electrons. The summed E-state index contributed by atoms with van der Waals surface area (Å²) in [5.74, 6) is 0.363. The number of carbonyl (C=O) groups excluding carboxylic acids is 1. The highest BCUT2D eigenvalue weighted by atomic mass is 16.3. The second-order valence-electron chi connectivity index (χ2n) is 5.83. The van der Waals surface area contributed by atoms with Crippen LogP contribution < -0.4 is 10.2 Å². The highest BCUT2D eigenvalue weighted by Crippen LogP contribution is 2.34. The molecular weight excluding hydrogens is 252 g/mol. The van der Waals surface area contributed by atoms with Crippen molar-refractivity contribution in [2.24, 2.45) is 5.41 Å². The predicted molar refractivity (Wildman–Crippen MR) is 81.1 cm³/mol. The Morgan fingerprint density at radius 3 is 2.65 bits per heavy atom. The second-order valence-corrected chi connectivity index (χ2v) is 5.83. The first-order valence-electron chi connectivity index (χ1n) is 7.30. The van der Waals surface area contributed by atoms with Gasteiger partial charge in [-0.05, 0) is 51.4 Å². The molecule has 4 heteroatoms. The lowest BCUT2D eigenvalue weighted by Crippen LogP contribution is -2.48. The van der Waals surface area contributed by atoms with Crippen molar-refractivity contribution in [3.63, 3.8) is 0 Å². The van der Waals surface area contributed by atoms with Crippen molar-refractivity contribution in [3.05, 3.63) is 23.8 Å². The zero-order valence-corrected chi connectivity index (χ0v) is 12.6. The van der Waals surface area contributed by atoms with Crippen LogP contribution in [0.15, 0.2) is 18.2 Å². The molecule has 1 aromatic carbocycles. The van der Waals surface area contributed by atoms with E-state index in [2.05, 4.69) is 12.2 Å². The van der Waals surface area contributed by atoms with Gasteiger partial charge in [0.25, 0.3) is 0 Å². The fourth-order valence-corrected chi connectivity index (χ4v) is 2.83. The third-order valence-corrected chi connectivity index (χ3v) is 4.27. The van der Waals surface area contributed by atoms with E-state index in [1.54, 1.807) is 17.0 Å². The summed E-state index contributed by atoms with van der Waals surface area (Å²) in [5, 5.41) is 13.0. The van der Waals surface area contributed by atoms with Crippen molar-refractivity contribution in [2.75, 3.05) is 24.5 Å². The van der Waals surface area contributed by atoms with Crippen LogP contribution in [-0.2, 0) is 4.79 Å². The summed E-state index contributed by atoms with van der Waals surface area (Å²) in [6, 6.07) is 5.19. The molecule has 4 nitrogen and oxygen atoms in total. The molecule has 0 aliphatic carbocycles. The molecule has 0 spiro atoms. The number of aromatic hydroxyl groups is 1. The summed E-state index contributed by atoms with van der Waals surface area (Å²) in [6.07, 6.45) is 1.72. The third-order valence-electron chi connectivity index (χ3n) is 4.27. The third kappa shape index (κ3) is 2.80. The fraction of sp³-hybridized carbons (Fsp3) is 0.562. The van der Waals surface area contributed by atoms with Crippen LogP contribution in [0.25, 0.3) is 0 Å². The fourth-order valence-electron chi connectivity index (χ4n) is 2.83. The normalized spacial score (nSPS) is 17.8. The number of benzene rings is 1. The van der Waals surface area contributed by atoms with E-state index in [0.717, 1.165) is 37.2 Å². The molecule has 1 fully saturated rings. The molecule has 0 bridgehead atoms. The highest BCUT2D eigenvalue weighted by molar-refractivity contribution is 5.98. The van der Waals surface area contributed by atoms with Gasteiger partial charge in [-0.15, -0.1) is 0 Å². The van der Waals surface area contributed by atoms with Gasteiger partial charge in [-0.25, -0.2) is 0 Å². The zero-order chi connectivity index (χ0) is 14.8. The van der Waals surface area contributed by atoms with Gasteiger partial charge in [-0.2, -0.15) is 0 Å². The van der Waals surface area contributed by atoms with E-state index in [-0.39, 0.29) is 17.1 Å². The number of aryl methyl sites for hydroxylation is 1. The summed E-state index contributed by atoms with van der Waals surface area (Å²) in [5.41, 5.74) is 1.52.